The number of carbonyl (C=O) groups excluding carboxylic acids is 1. The molecule has 1 heterocycles. The molecule has 3 rings (SSSR count). The van der Waals surface area contributed by atoms with E-state index >= 15 is 0 Å². The van der Waals surface area contributed by atoms with E-state index < -0.39 is 0 Å². The van der Waals surface area contributed by atoms with Gasteiger partial charge in [-0.3, -0.25) is 4.79 Å². The SMILES string of the molecule is CCn1c(-c2ccc(C)cc2)c(C)sc1=NC(=O)c1ccccc1C. The molecule has 0 atom stereocenters. The predicted octanol–water partition coefficient (Wildman–Crippen LogP) is 4.90. The van der Waals surface area contributed by atoms with Crippen LogP contribution in [0, 0.1) is 20.8 Å². The summed E-state index contributed by atoms with van der Waals surface area (Å²) in [5, 5.41) is 0. The molecule has 0 aliphatic rings. The number of aryl methyl sites for hydroxylation is 3. The lowest BCUT2D eigenvalue weighted by Gasteiger charge is -2.08. The summed E-state index contributed by atoms with van der Waals surface area (Å²) in [6.07, 6.45) is 0. The molecular formula is C21H22N2OS. The van der Waals surface area contributed by atoms with E-state index in [0.717, 1.165) is 28.2 Å². The van der Waals surface area contributed by atoms with Crippen LogP contribution in [0.25, 0.3) is 11.3 Å². The van der Waals surface area contributed by atoms with E-state index in [9.17, 15) is 4.79 Å². The highest BCUT2D eigenvalue weighted by Gasteiger charge is 2.13. The molecule has 0 saturated heterocycles. The summed E-state index contributed by atoms with van der Waals surface area (Å²) in [5.74, 6) is -0.183. The Labute approximate surface area is 152 Å². The van der Waals surface area contributed by atoms with Gasteiger partial charge < -0.3 is 4.57 Å². The minimum Gasteiger partial charge on any atom is -0.316 e. The van der Waals surface area contributed by atoms with E-state index in [-0.39, 0.29) is 5.91 Å². The maximum atomic E-state index is 12.6. The highest BCUT2D eigenvalue weighted by Crippen LogP contribution is 2.25. The van der Waals surface area contributed by atoms with E-state index in [1.54, 1.807) is 11.3 Å². The average molecular weight is 350 g/mol. The Morgan fingerprint density at radius 1 is 1.04 bits per heavy atom. The van der Waals surface area contributed by atoms with Crippen LogP contribution in [0.15, 0.2) is 53.5 Å². The van der Waals surface area contributed by atoms with Crippen molar-refractivity contribution in [2.75, 3.05) is 0 Å². The van der Waals surface area contributed by atoms with Gasteiger partial charge in [-0.05, 0) is 44.9 Å². The lowest BCUT2D eigenvalue weighted by Crippen LogP contribution is -2.17. The van der Waals surface area contributed by atoms with Gasteiger partial charge in [-0.25, -0.2) is 0 Å². The third-order valence-corrected chi connectivity index (χ3v) is 5.29. The standard InChI is InChI=1S/C21H22N2OS/c1-5-23-19(17-12-10-14(2)11-13-17)16(4)25-21(23)22-20(24)18-9-7-6-8-15(18)3/h6-13H,5H2,1-4H3. The number of hydrogen-bond donors (Lipinski definition) is 0. The molecule has 0 aliphatic heterocycles. The van der Waals surface area contributed by atoms with E-state index in [1.807, 2.05) is 31.2 Å². The molecule has 1 aromatic heterocycles. The molecule has 0 spiro atoms. The van der Waals surface area contributed by atoms with Crippen LogP contribution in [0.5, 0.6) is 0 Å². The van der Waals surface area contributed by atoms with E-state index in [0.29, 0.717) is 5.56 Å². The fourth-order valence-electron chi connectivity index (χ4n) is 2.93. The molecule has 128 valence electrons. The second kappa shape index (κ2) is 7.19. The number of amides is 1. The molecule has 0 N–H and O–H groups in total. The third kappa shape index (κ3) is 3.49. The van der Waals surface area contributed by atoms with E-state index in [2.05, 4.69) is 54.6 Å². The van der Waals surface area contributed by atoms with Crippen LogP contribution >= 0.6 is 11.3 Å². The first kappa shape index (κ1) is 17.4. The van der Waals surface area contributed by atoms with Crippen molar-refractivity contribution in [3.05, 3.63) is 74.9 Å². The maximum absolute atomic E-state index is 12.6. The zero-order valence-electron chi connectivity index (χ0n) is 15.0. The molecule has 0 saturated carbocycles. The average Bonchev–Trinajstić information content (AvgIpc) is 2.91. The number of rotatable bonds is 3. The molecule has 0 unspecified atom stereocenters. The van der Waals surface area contributed by atoms with Crippen molar-refractivity contribution in [3.8, 4) is 11.3 Å². The molecule has 0 bridgehead atoms. The third-order valence-electron chi connectivity index (χ3n) is 4.29. The van der Waals surface area contributed by atoms with E-state index in [1.165, 1.54) is 10.4 Å². The van der Waals surface area contributed by atoms with Crippen LogP contribution in [0.4, 0.5) is 0 Å². The van der Waals surface area contributed by atoms with Gasteiger partial charge in [0.15, 0.2) is 4.80 Å². The molecule has 4 heteroatoms. The predicted molar refractivity (Wildman–Crippen MR) is 104 cm³/mol. The minimum absolute atomic E-state index is 0.183. The van der Waals surface area contributed by atoms with Gasteiger partial charge >= 0.3 is 0 Å². The molecule has 2 aromatic carbocycles. The first-order valence-electron chi connectivity index (χ1n) is 8.43. The van der Waals surface area contributed by atoms with Gasteiger partial charge in [0.05, 0.1) is 5.69 Å². The normalized spacial score (nSPS) is 11.8. The Kier molecular flexibility index (Phi) is 5.00. The zero-order chi connectivity index (χ0) is 18.0. The highest BCUT2D eigenvalue weighted by molar-refractivity contribution is 7.09. The summed E-state index contributed by atoms with van der Waals surface area (Å²) in [7, 11) is 0. The Morgan fingerprint density at radius 2 is 1.72 bits per heavy atom. The Hall–Kier alpha value is -2.46. The lowest BCUT2D eigenvalue weighted by molar-refractivity contribution is 0.0997. The fourth-order valence-corrected chi connectivity index (χ4v) is 3.99. The molecule has 0 radical (unpaired) electrons. The Morgan fingerprint density at radius 3 is 2.36 bits per heavy atom. The van der Waals surface area contributed by atoms with Gasteiger partial charge in [0, 0.05) is 17.0 Å². The van der Waals surface area contributed by atoms with Gasteiger partial charge in [-0.2, -0.15) is 4.99 Å². The number of benzene rings is 2. The topological polar surface area (TPSA) is 34.4 Å². The van der Waals surface area contributed by atoms with Crippen molar-refractivity contribution in [2.24, 2.45) is 4.99 Å². The number of aromatic nitrogens is 1. The van der Waals surface area contributed by atoms with E-state index in [4.69, 9.17) is 0 Å². The van der Waals surface area contributed by atoms with Gasteiger partial charge in [0.25, 0.3) is 5.91 Å². The molecule has 0 aliphatic carbocycles. The number of hydrogen-bond acceptors (Lipinski definition) is 2. The Balaban J connectivity index is 2.12. The van der Waals surface area contributed by atoms with Gasteiger partial charge in [-0.1, -0.05) is 48.0 Å². The largest absolute Gasteiger partial charge is 0.316 e. The van der Waals surface area contributed by atoms with Gasteiger partial charge in [0.2, 0.25) is 0 Å². The first-order valence-corrected chi connectivity index (χ1v) is 9.25. The smallest absolute Gasteiger partial charge is 0.279 e. The van der Waals surface area contributed by atoms with Crippen molar-refractivity contribution in [1.82, 2.24) is 4.57 Å². The van der Waals surface area contributed by atoms with Crippen molar-refractivity contribution < 1.29 is 4.79 Å². The van der Waals surface area contributed by atoms with Gasteiger partial charge in [-0.15, -0.1) is 11.3 Å². The summed E-state index contributed by atoms with van der Waals surface area (Å²) in [6.45, 7) is 8.96. The van der Waals surface area contributed by atoms with Crippen LogP contribution in [0.3, 0.4) is 0 Å². The molecular weight excluding hydrogens is 328 g/mol. The Bertz CT molecular complexity index is 978. The van der Waals surface area contributed by atoms with Crippen molar-refractivity contribution in [1.29, 1.82) is 0 Å². The highest BCUT2D eigenvalue weighted by atomic mass is 32.1. The monoisotopic (exact) mass is 350 g/mol. The van der Waals surface area contributed by atoms with Gasteiger partial charge in [0.1, 0.15) is 0 Å². The van der Waals surface area contributed by atoms with Crippen molar-refractivity contribution in [2.45, 2.75) is 34.2 Å². The number of carbonyl (C=O) groups is 1. The van der Waals surface area contributed by atoms with Crippen LogP contribution in [0.1, 0.15) is 33.3 Å². The quantitative estimate of drug-likeness (QED) is 0.661. The van der Waals surface area contributed by atoms with Crippen molar-refractivity contribution >= 4 is 17.2 Å². The minimum atomic E-state index is -0.183. The van der Waals surface area contributed by atoms with Crippen LogP contribution in [-0.2, 0) is 6.54 Å². The molecule has 0 fully saturated rings. The zero-order valence-corrected chi connectivity index (χ0v) is 15.9. The molecule has 25 heavy (non-hydrogen) atoms. The van der Waals surface area contributed by atoms with Crippen LogP contribution in [-0.4, -0.2) is 10.5 Å². The number of nitrogens with zero attached hydrogens (tertiary/aromatic N) is 2. The molecule has 3 aromatic rings. The molecule has 3 nitrogen and oxygen atoms in total. The fraction of sp³-hybridized carbons (Fsp3) is 0.238. The summed E-state index contributed by atoms with van der Waals surface area (Å²) in [6, 6.07) is 16.1. The first-order chi connectivity index (χ1) is 12.0. The maximum Gasteiger partial charge on any atom is 0.279 e. The number of thiazole rings is 1. The van der Waals surface area contributed by atoms with Crippen LogP contribution < -0.4 is 4.80 Å². The molecule has 1 amide bonds. The summed E-state index contributed by atoms with van der Waals surface area (Å²) in [4.78, 5) is 19.0. The summed E-state index contributed by atoms with van der Waals surface area (Å²) >= 11 is 1.57. The van der Waals surface area contributed by atoms with Crippen LogP contribution in [0.2, 0.25) is 0 Å². The second-order valence-corrected chi connectivity index (χ2v) is 7.31. The summed E-state index contributed by atoms with van der Waals surface area (Å²) in [5.41, 5.74) is 5.15. The second-order valence-electron chi connectivity index (χ2n) is 6.13. The summed E-state index contributed by atoms with van der Waals surface area (Å²) < 4.78 is 2.13. The van der Waals surface area contributed by atoms with Crippen molar-refractivity contribution in [3.63, 3.8) is 0 Å². The lowest BCUT2D eigenvalue weighted by atomic mass is 10.1.